The van der Waals surface area contributed by atoms with Gasteiger partial charge in [-0.05, 0) is 48.7 Å². The van der Waals surface area contributed by atoms with Crippen molar-refractivity contribution in [2.75, 3.05) is 13.1 Å². The van der Waals surface area contributed by atoms with Crippen LogP contribution in [0.4, 0.5) is 13.2 Å². The van der Waals surface area contributed by atoms with E-state index in [2.05, 4.69) is 4.99 Å². The summed E-state index contributed by atoms with van der Waals surface area (Å²) in [5.41, 5.74) is -0.752. The van der Waals surface area contributed by atoms with E-state index in [-0.39, 0.29) is 10.5 Å². The smallest absolute Gasteiger partial charge is 0.351 e. The number of benzene rings is 1. The highest BCUT2D eigenvalue weighted by Crippen LogP contribution is 2.36. The summed E-state index contributed by atoms with van der Waals surface area (Å²) in [6, 6.07) is 5.24. The molecule has 23 heavy (non-hydrogen) atoms. The Labute approximate surface area is 136 Å². The normalized spacial score (nSPS) is 21.0. The van der Waals surface area contributed by atoms with Crippen molar-refractivity contribution in [3.8, 4) is 0 Å². The van der Waals surface area contributed by atoms with Crippen LogP contribution in [0, 0.1) is 0 Å². The van der Waals surface area contributed by atoms with Crippen molar-refractivity contribution in [3.63, 3.8) is 0 Å². The number of rotatable bonds is 1. The van der Waals surface area contributed by atoms with Crippen LogP contribution in [0.1, 0.15) is 30.4 Å². The van der Waals surface area contributed by atoms with Crippen molar-refractivity contribution in [1.29, 1.82) is 0 Å². The lowest BCUT2D eigenvalue weighted by molar-refractivity contribution is -0.137. The molecule has 0 saturated carbocycles. The summed E-state index contributed by atoms with van der Waals surface area (Å²) in [5.74, 6) is -0.465. The van der Waals surface area contributed by atoms with Crippen molar-refractivity contribution >= 4 is 28.9 Å². The second-order valence-electron chi connectivity index (χ2n) is 5.44. The SMILES string of the molecule is O=C1N=C(N2CCCCC2)SC1=Cc1ccccc1C(F)(F)F. The molecule has 1 aromatic carbocycles. The minimum absolute atomic E-state index is 0.00839. The molecule has 2 aliphatic heterocycles. The van der Waals surface area contributed by atoms with E-state index in [0.717, 1.165) is 50.2 Å². The molecule has 0 atom stereocenters. The van der Waals surface area contributed by atoms with E-state index >= 15 is 0 Å². The number of alkyl halides is 3. The van der Waals surface area contributed by atoms with E-state index in [9.17, 15) is 18.0 Å². The lowest BCUT2D eigenvalue weighted by atomic mass is 10.1. The van der Waals surface area contributed by atoms with Crippen molar-refractivity contribution in [3.05, 3.63) is 40.3 Å². The van der Waals surface area contributed by atoms with Crippen LogP contribution in [-0.4, -0.2) is 29.1 Å². The number of amidine groups is 1. The van der Waals surface area contributed by atoms with E-state index in [1.807, 2.05) is 4.90 Å². The number of hydrogen-bond acceptors (Lipinski definition) is 3. The van der Waals surface area contributed by atoms with E-state index < -0.39 is 17.6 Å². The Morgan fingerprint density at radius 3 is 2.52 bits per heavy atom. The van der Waals surface area contributed by atoms with Gasteiger partial charge in [0.1, 0.15) is 0 Å². The maximum absolute atomic E-state index is 13.0. The van der Waals surface area contributed by atoms with Crippen LogP contribution in [0.2, 0.25) is 0 Å². The van der Waals surface area contributed by atoms with Crippen LogP contribution in [-0.2, 0) is 11.0 Å². The molecule has 2 heterocycles. The summed E-state index contributed by atoms with van der Waals surface area (Å²) >= 11 is 1.16. The van der Waals surface area contributed by atoms with Gasteiger partial charge >= 0.3 is 6.18 Å². The van der Waals surface area contributed by atoms with Crippen molar-refractivity contribution in [1.82, 2.24) is 4.90 Å². The minimum atomic E-state index is -4.45. The topological polar surface area (TPSA) is 32.7 Å². The van der Waals surface area contributed by atoms with E-state index in [4.69, 9.17) is 0 Å². The summed E-state index contributed by atoms with van der Waals surface area (Å²) in [5, 5.41) is 0.602. The number of carbonyl (C=O) groups is 1. The molecular weight excluding hydrogens is 325 g/mol. The summed E-state index contributed by atoms with van der Waals surface area (Å²) in [6.07, 6.45) is 0.0876. The lowest BCUT2D eigenvalue weighted by Crippen LogP contribution is -2.33. The van der Waals surface area contributed by atoms with Gasteiger partial charge in [0.25, 0.3) is 5.91 Å². The highest BCUT2D eigenvalue weighted by Gasteiger charge is 2.33. The summed E-state index contributed by atoms with van der Waals surface area (Å²) in [7, 11) is 0. The zero-order chi connectivity index (χ0) is 16.4. The molecule has 0 radical (unpaired) electrons. The zero-order valence-corrected chi connectivity index (χ0v) is 13.1. The van der Waals surface area contributed by atoms with Crippen LogP contribution in [0.25, 0.3) is 6.08 Å². The second-order valence-corrected chi connectivity index (χ2v) is 6.45. The Morgan fingerprint density at radius 2 is 1.83 bits per heavy atom. The number of nitrogens with zero attached hydrogens (tertiary/aromatic N) is 2. The van der Waals surface area contributed by atoms with E-state index in [0.29, 0.717) is 5.17 Å². The molecule has 3 rings (SSSR count). The van der Waals surface area contributed by atoms with Crippen molar-refractivity contribution in [2.45, 2.75) is 25.4 Å². The minimum Gasteiger partial charge on any atom is -0.351 e. The van der Waals surface area contributed by atoms with E-state index in [1.165, 1.54) is 24.3 Å². The average Bonchev–Trinajstić information content (AvgIpc) is 2.89. The van der Waals surface area contributed by atoms with E-state index in [1.54, 1.807) is 0 Å². The summed E-state index contributed by atoms with van der Waals surface area (Å²) in [6.45, 7) is 1.68. The fourth-order valence-corrected chi connectivity index (χ4v) is 3.60. The molecule has 2 aliphatic rings. The van der Waals surface area contributed by atoms with Crippen molar-refractivity contribution < 1.29 is 18.0 Å². The van der Waals surface area contributed by atoms with Gasteiger partial charge in [0.2, 0.25) is 0 Å². The molecule has 0 aliphatic carbocycles. The molecule has 1 amide bonds. The predicted octanol–water partition coefficient (Wildman–Crippen LogP) is 4.16. The Kier molecular flexibility index (Phi) is 4.48. The molecule has 1 aromatic rings. The van der Waals surface area contributed by atoms with Crippen LogP contribution in [0.5, 0.6) is 0 Å². The lowest BCUT2D eigenvalue weighted by Gasteiger charge is -2.27. The molecule has 1 fully saturated rings. The Bertz CT molecular complexity index is 676. The van der Waals surface area contributed by atoms with Crippen molar-refractivity contribution in [2.24, 2.45) is 4.99 Å². The average molecular weight is 340 g/mol. The third kappa shape index (κ3) is 3.60. The molecule has 3 nitrogen and oxygen atoms in total. The van der Waals surface area contributed by atoms with Gasteiger partial charge in [0.15, 0.2) is 5.17 Å². The number of thioether (sulfide) groups is 1. The Hall–Kier alpha value is -1.76. The number of halogens is 3. The predicted molar refractivity (Wildman–Crippen MR) is 84.9 cm³/mol. The third-order valence-corrected chi connectivity index (χ3v) is 4.83. The Morgan fingerprint density at radius 1 is 1.13 bits per heavy atom. The largest absolute Gasteiger partial charge is 0.416 e. The van der Waals surface area contributed by atoms with Gasteiger partial charge in [-0.25, -0.2) is 0 Å². The fraction of sp³-hybridized carbons (Fsp3) is 0.375. The van der Waals surface area contributed by atoms with Crippen LogP contribution < -0.4 is 0 Å². The standard InChI is InChI=1S/C16H15F3N2OS/c17-16(18,19)12-7-3-2-6-11(12)10-13-14(22)20-15(23-13)21-8-4-1-5-9-21/h2-3,6-7,10H,1,4-5,8-9H2. The maximum atomic E-state index is 13.0. The van der Waals surface area contributed by atoms with Gasteiger partial charge in [-0.2, -0.15) is 18.2 Å². The number of hydrogen-bond donors (Lipinski definition) is 0. The van der Waals surface area contributed by atoms with Gasteiger partial charge < -0.3 is 4.90 Å². The van der Waals surface area contributed by atoms with Gasteiger partial charge in [0, 0.05) is 13.1 Å². The van der Waals surface area contributed by atoms with Crippen LogP contribution in [0.15, 0.2) is 34.2 Å². The number of amides is 1. The number of likely N-dealkylation sites (tertiary alicyclic amines) is 1. The second kappa shape index (κ2) is 6.39. The van der Waals surface area contributed by atoms with Gasteiger partial charge in [-0.15, -0.1) is 0 Å². The van der Waals surface area contributed by atoms with Crippen LogP contribution in [0.3, 0.4) is 0 Å². The van der Waals surface area contributed by atoms with Gasteiger partial charge in [0.05, 0.1) is 10.5 Å². The number of aliphatic imine (C=N–C) groups is 1. The molecule has 122 valence electrons. The zero-order valence-electron chi connectivity index (χ0n) is 12.3. The maximum Gasteiger partial charge on any atom is 0.416 e. The summed E-state index contributed by atoms with van der Waals surface area (Å²) in [4.78, 5) is 18.3. The highest BCUT2D eigenvalue weighted by molar-refractivity contribution is 8.18. The van der Waals surface area contributed by atoms with Crippen LogP contribution >= 0.6 is 11.8 Å². The monoisotopic (exact) mass is 340 g/mol. The number of carbonyl (C=O) groups excluding carboxylic acids is 1. The van der Waals surface area contributed by atoms with Gasteiger partial charge in [-0.3, -0.25) is 4.79 Å². The molecule has 0 bridgehead atoms. The first-order valence-corrected chi connectivity index (χ1v) is 8.20. The first kappa shape index (κ1) is 16.1. The summed E-state index contributed by atoms with van der Waals surface area (Å²) < 4.78 is 39.1. The fourth-order valence-electron chi connectivity index (χ4n) is 2.64. The molecule has 1 saturated heterocycles. The molecule has 7 heteroatoms. The molecule has 0 spiro atoms. The molecule has 0 unspecified atom stereocenters. The molecular formula is C16H15F3N2OS. The highest BCUT2D eigenvalue weighted by atomic mass is 32.2. The quantitative estimate of drug-likeness (QED) is 0.720. The number of piperidine rings is 1. The molecule has 0 N–H and O–H groups in total. The Balaban J connectivity index is 1.84. The first-order valence-electron chi connectivity index (χ1n) is 7.39. The third-order valence-electron chi connectivity index (χ3n) is 3.79. The van der Waals surface area contributed by atoms with Gasteiger partial charge in [-0.1, -0.05) is 18.2 Å². The molecule has 0 aromatic heterocycles. The first-order chi connectivity index (χ1) is 10.9.